The first kappa shape index (κ1) is 17.9. The Morgan fingerprint density at radius 1 is 1.17 bits per heavy atom. The molecule has 0 saturated carbocycles. The van der Waals surface area contributed by atoms with E-state index in [4.69, 9.17) is 5.11 Å². The molecule has 0 aromatic rings. The summed E-state index contributed by atoms with van der Waals surface area (Å²) < 4.78 is 0. The van der Waals surface area contributed by atoms with Crippen molar-refractivity contribution in [3.63, 3.8) is 0 Å². The molecule has 4 heteroatoms. The van der Waals surface area contributed by atoms with E-state index in [0.717, 1.165) is 12.8 Å². The Hall–Kier alpha value is -0.0765. The van der Waals surface area contributed by atoms with Gasteiger partial charge in [-0.05, 0) is 6.42 Å². The molecule has 0 heterocycles. The minimum Gasteiger partial charge on any atom is -0.481 e. The molecule has 3 nitrogen and oxygen atoms in total. The number of aliphatic carboxylic acids is 1. The Morgan fingerprint density at radius 3 is 2.08 bits per heavy atom. The molecule has 0 amide bonds. The summed E-state index contributed by atoms with van der Waals surface area (Å²) in [6.07, 6.45) is 5.88. The molecule has 0 aliphatic carbocycles. The van der Waals surface area contributed by atoms with E-state index in [2.05, 4.69) is 6.92 Å². The van der Waals surface area contributed by atoms with Gasteiger partial charge in [-0.2, -0.15) is 0 Å². The van der Waals surface area contributed by atoms with Gasteiger partial charge in [0, 0.05) is 22.9 Å². The number of carboxylic acid groups (broad SMARTS) is 1. The smallest absolute Gasteiger partial charge is 0.303 e. The zero-order chi connectivity index (χ0) is 7.82. The molecule has 0 fully saturated rings. The molecule has 12 heavy (non-hydrogen) atoms. The second-order valence-corrected chi connectivity index (χ2v) is 2.56. The van der Waals surface area contributed by atoms with E-state index in [9.17, 15) is 4.79 Å². The van der Waals surface area contributed by atoms with Gasteiger partial charge in [-0.1, -0.05) is 32.6 Å². The quantitative estimate of drug-likeness (QED) is 0.546. The summed E-state index contributed by atoms with van der Waals surface area (Å²) in [5.41, 5.74) is 0. The average molecular weight is 221 g/mol. The molecule has 0 unspecified atom stereocenters. The summed E-state index contributed by atoms with van der Waals surface area (Å²) in [4.78, 5) is 10.0. The molecule has 0 radical (unpaired) electrons. The maximum absolute atomic E-state index is 10.0. The fourth-order valence-electron chi connectivity index (χ4n) is 0.880. The van der Waals surface area contributed by atoms with E-state index in [1.165, 1.54) is 19.3 Å². The number of hydrogen-bond acceptors (Lipinski definition) is 1. The Labute approximate surface area is 83.8 Å². The molecule has 0 aromatic carbocycles. The Bertz CT molecular complexity index is 96.3. The minimum atomic E-state index is -0.670. The summed E-state index contributed by atoms with van der Waals surface area (Å²) in [7, 11) is 0. The van der Waals surface area contributed by atoms with Gasteiger partial charge in [-0.15, -0.1) is 0 Å². The molecule has 3 N–H and O–H groups in total. The molecule has 0 bridgehead atoms. The van der Waals surface area contributed by atoms with E-state index in [1.54, 1.807) is 0 Å². The number of hydrogen-bond donors (Lipinski definition) is 1. The molecule has 0 aliphatic heterocycles. The Balaban J connectivity index is -0.000000405. The zero-order valence-electron chi connectivity index (χ0n) is 7.41. The fourth-order valence-corrected chi connectivity index (χ4v) is 0.880. The Morgan fingerprint density at radius 2 is 1.67 bits per heavy atom. The second-order valence-electron chi connectivity index (χ2n) is 2.56. The average Bonchev–Trinajstić information content (AvgIpc) is 1.87. The Kier molecular flexibility index (Phi) is 20.1. The van der Waals surface area contributed by atoms with Gasteiger partial charge in [0.2, 0.25) is 0 Å². The van der Waals surface area contributed by atoms with Crippen LogP contribution in [0.25, 0.3) is 0 Å². The third kappa shape index (κ3) is 16.5. The monoisotopic (exact) mass is 220 g/mol. The van der Waals surface area contributed by atoms with E-state index in [1.807, 2.05) is 0 Å². The molecule has 0 saturated heterocycles. The van der Waals surface area contributed by atoms with E-state index >= 15 is 0 Å². The SMILES string of the molecule is CCCCCCCC(=O)O.O.[Ni]. The molecule has 0 aromatic heterocycles. The van der Waals surface area contributed by atoms with Crippen LogP contribution >= 0.6 is 0 Å². The van der Waals surface area contributed by atoms with Crippen LogP contribution in [0.4, 0.5) is 0 Å². The van der Waals surface area contributed by atoms with E-state index in [-0.39, 0.29) is 22.0 Å². The van der Waals surface area contributed by atoms with Gasteiger partial charge in [0.1, 0.15) is 0 Å². The summed E-state index contributed by atoms with van der Waals surface area (Å²) in [6.45, 7) is 2.15. The standard InChI is InChI=1S/C8H16O2.Ni.H2O/c1-2-3-4-5-6-7-8(9)10;;/h2-7H2,1H3,(H,9,10);;1H2. The van der Waals surface area contributed by atoms with Crippen molar-refractivity contribution in [2.75, 3.05) is 0 Å². The third-order valence-electron chi connectivity index (χ3n) is 1.49. The first-order valence-electron chi connectivity index (χ1n) is 3.99. The van der Waals surface area contributed by atoms with Gasteiger partial charge in [-0.3, -0.25) is 4.79 Å². The van der Waals surface area contributed by atoms with E-state index in [0.29, 0.717) is 6.42 Å². The van der Waals surface area contributed by atoms with Crippen LogP contribution < -0.4 is 0 Å². The summed E-state index contributed by atoms with van der Waals surface area (Å²) >= 11 is 0. The number of carboxylic acids is 1. The predicted octanol–water partition coefficient (Wildman–Crippen LogP) is 1.60. The van der Waals surface area contributed by atoms with Gasteiger partial charge < -0.3 is 10.6 Å². The van der Waals surface area contributed by atoms with Crippen molar-refractivity contribution in [3.8, 4) is 0 Å². The van der Waals surface area contributed by atoms with Crippen LogP contribution in [0, 0.1) is 0 Å². The largest absolute Gasteiger partial charge is 0.481 e. The number of unbranched alkanes of at least 4 members (excludes halogenated alkanes) is 4. The topological polar surface area (TPSA) is 68.8 Å². The first-order valence-corrected chi connectivity index (χ1v) is 3.99. The van der Waals surface area contributed by atoms with Crippen molar-refractivity contribution in [1.82, 2.24) is 0 Å². The van der Waals surface area contributed by atoms with Crippen LogP contribution in [0.3, 0.4) is 0 Å². The second kappa shape index (κ2) is 13.5. The summed E-state index contributed by atoms with van der Waals surface area (Å²) in [6, 6.07) is 0. The van der Waals surface area contributed by atoms with Gasteiger partial charge in [0.25, 0.3) is 0 Å². The first-order chi connectivity index (χ1) is 4.77. The maximum atomic E-state index is 10.0. The summed E-state index contributed by atoms with van der Waals surface area (Å²) in [5.74, 6) is -0.670. The van der Waals surface area contributed by atoms with Crippen molar-refractivity contribution in [3.05, 3.63) is 0 Å². The van der Waals surface area contributed by atoms with Crippen LogP contribution in [0.1, 0.15) is 45.4 Å². The van der Waals surface area contributed by atoms with Crippen molar-refractivity contribution in [2.45, 2.75) is 45.4 Å². The molecular weight excluding hydrogens is 203 g/mol. The molecule has 0 rings (SSSR count). The molecule has 0 aliphatic rings. The normalized spacial score (nSPS) is 8.08. The van der Waals surface area contributed by atoms with Crippen LogP contribution in [0.2, 0.25) is 0 Å². The number of carbonyl (C=O) groups is 1. The van der Waals surface area contributed by atoms with Crippen molar-refractivity contribution >= 4 is 5.97 Å². The van der Waals surface area contributed by atoms with E-state index < -0.39 is 5.97 Å². The fraction of sp³-hybridized carbons (Fsp3) is 0.875. The van der Waals surface area contributed by atoms with Crippen LogP contribution in [-0.2, 0) is 21.3 Å². The van der Waals surface area contributed by atoms with Gasteiger partial charge in [-0.25, -0.2) is 0 Å². The van der Waals surface area contributed by atoms with Gasteiger partial charge >= 0.3 is 5.97 Å². The third-order valence-corrected chi connectivity index (χ3v) is 1.49. The minimum absolute atomic E-state index is 0. The molecule has 78 valence electrons. The molecule has 0 spiro atoms. The summed E-state index contributed by atoms with van der Waals surface area (Å²) in [5, 5.41) is 8.27. The zero-order valence-corrected chi connectivity index (χ0v) is 8.40. The van der Waals surface area contributed by atoms with Crippen LogP contribution in [-0.4, -0.2) is 16.6 Å². The van der Waals surface area contributed by atoms with Crippen LogP contribution in [0.15, 0.2) is 0 Å². The van der Waals surface area contributed by atoms with Gasteiger partial charge in [0.05, 0.1) is 0 Å². The number of rotatable bonds is 6. The van der Waals surface area contributed by atoms with Gasteiger partial charge in [0.15, 0.2) is 0 Å². The van der Waals surface area contributed by atoms with Crippen molar-refractivity contribution < 1.29 is 31.9 Å². The maximum Gasteiger partial charge on any atom is 0.303 e. The molecular formula is C8H18NiO3. The molecule has 0 atom stereocenters. The van der Waals surface area contributed by atoms with Crippen molar-refractivity contribution in [1.29, 1.82) is 0 Å². The predicted molar refractivity (Wildman–Crippen MR) is 44.6 cm³/mol. The van der Waals surface area contributed by atoms with Crippen LogP contribution in [0.5, 0.6) is 0 Å². The van der Waals surface area contributed by atoms with Crippen molar-refractivity contribution in [2.24, 2.45) is 0 Å².